The van der Waals surface area contributed by atoms with Crippen molar-refractivity contribution in [2.45, 2.75) is 46.2 Å². The number of hydrogen-bond donors (Lipinski definition) is 2. The molecule has 0 bridgehead atoms. The highest BCUT2D eigenvalue weighted by Crippen LogP contribution is 2.23. The second kappa shape index (κ2) is 7.24. The van der Waals surface area contributed by atoms with Gasteiger partial charge in [0.05, 0.1) is 12.2 Å². The van der Waals surface area contributed by atoms with Gasteiger partial charge in [0.2, 0.25) is 5.91 Å². The molecular formula is C16H28N4O2. The summed E-state index contributed by atoms with van der Waals surface area (Å²) < 4.78 is 2.14. The molecule has 1 amide bonds. The third-order valence-corrected chi connectivity index (χ3v) is 4.74. The van der Waals surface area contributed by atoms with Gasteiger partial charge in [-0.15, -0.1) is 0 Å². The zero-order chi connectivity index (χ0) is 16.3. The fourth-order valence-electron chi connectivity index (χ4n) is 3.30. The minimum Gasteiger partial charge on any atom is -0.387 e. The number of aliphatic hydroxyl groups is 1. The molecule has 22 heavy (non-hydrogen) atoms. The van der Waals surface area contributed by atoms with Crippen LogP contribution in [0.4, 0.5) is 0 Å². The topological polar surface area (TPSA) is 70.4 Å². The van der Waals surface area contributed by atoms with Crippen LogP contribution in [0.15, 0.2) is 0 Å². The molecule has 124 valence electrons. The fraction of sp³-hybridized carbons (Fsp3) is 0.750. The molecule has 1 fully saturated rings. The second-order valence-electron chi connectivity index (χ2n) is 6.33. The van der Waals surface area contributed by atoms with Crippen LogP contribution in [0.1, 0.15) is 37.0 Å². The lowest BCUT2D eigenvalue weighted by atomic mass is 9.98. The highest BCUT2D eigenvalue weighted by atomic mass is 16.3. The van der Waals surface area contributed by atoms with E-state index in [0.717, 1.165) is 44.0 Å². The Labute approximate surface area is 132 Å². The van der Waals surface area contributed by atoms with Crippen molar-refractivity contribution in [3.05, 3.63) is 17.2 Å². The number of imidazole rings is 1. The molecule has 0 aromatic carbocycles. The summed E-state index contributed by atoms with van der Waals surface area (Å²) in [5, 5.41) is 11.9. The van der Waals surface area contributed by atoms with E-state index in [1.165, 1.54) is 5.69 Å². The zero-order valence-corrected chi connectivity index (χ0v) is 14.1. The van der Waals surface area contributed by atoms with Crippen LogP contribution in [-0.2, 0) is 18.4 Å². The van der Waals surface area contributed by atoms with Crippen molar-refractivity contribution in [1.29, 1.82) is 0 Å². The van der Waals surface area contributed by atoms with E-state index in [4.69, 9.17) is 5.11 Å². The van der Waals surface area contributed by atoms with E-state index in [1.807, 2.05) is 6.92 Å². The normalized spacial score (nSPS) is 22.2. The van der Waals surface area contributed by atoms with Gasteiger partial charge in [-0.1, -0.05) is 13.3 Å². The quantitative estimate of drug-likeness (QED) is 0.813. The smallest absolute Gasteiger partial charge is 0.245 e. The van der Waals surface area contributed by atoms with Crippen LogP contribution in [0, 0.1) is 19.8 Å². The van der Waals surface area contributed by atoms with Crippen LogP contribution in [0.5, 0.6) is 0 Å². The molecule has 0 unspecified atom stereocenters. The molecule has 2 heterocycles. The highest BCUT2D eigenvalue weighted by molar-refractivity contribution is 5.77. The van der Waals surface area contributed by atoms with Gasteiger partial charge in [-0.25, -0.2) is 4.98 Å². The van der Waals surface area contributed by atoms with E-state index < -0.39 is 6.61 Å². The summed E-state index contributed by atoms with van der Waals surface area (Å²) in [5.41, 5.74) is 2.27. The van der Waals surface area contributed by atoms with Gasteiger partial charge in [0.15, 0.2) is 0 Å². The average Bonchev–Trinajstić information content (AvgIpc) is 2.96. The third-order valence-electron chi connectivity index (χ3n) is 4.74. The molecule has 2 atom stereocenters. The molecular weight excluding hydrogens is 280 g/mol. The molecule has 6 heteroatoms. The lowest BCUT2D eigenvalue weighted by Crippen LogP contribution is -2.41. The van der Waals surface area contributed by atoms with Crippen molar-refractivity contribution in [2.75, 3.05) is 19.7 Å². The van der Waals surface area contributed by atoms with Gasteiger partial charge in [0.1, 0.15) is 12.4 Å². The Balaban J connectivity index is 2.03. The number of carbonyl (C=O) groups is 1. The van der Waals surface area contributed by atoms with Gasteiger partial charge in [-0.2, -0.15) is 0 Å². The molecule has 0 radical (unpaired) electrons. The highest BCUT2D eigenvalue weighted by Gasteiger charge is 2.33. The Kier molecular flexibility index (Phi) is 5.58. The molecule has 0 aliphatic carbocycles. The van der Waals surface area contributed by atoms with Crippen molar-refractivity contribution in [3.8, 4) is 0 Å². The van der Waals surface area contributed by atoms with E-state index in [1.54, 1.807) is 0 Å². The number of nitrogens with one attached hydrogen (secondary N) is 1. The molecule has 0 spiro atoms. The molecule has 1 aliphatic heterocycles. The minimum atomic E-state index is -0.437. The summed E-state index contributed by atoms with van der Waals surface area (Å²) >= 11 is 0. The largest absolute Gasteiger partial charge is 0.387 e. The summed E-state index contributed by atoms with van der Waals surface area (Å²) in [6.07, 6.45) is 2.19. The summed E-state index contributed by atoms with van der Waals surface area (Å²) in [4.78, 5) is 18.5. The Morgan fingerprint density at radius 1 is 1.41 bits per heavy atom. The predicted molar refractivity (Wildman–Crippen MR) is 85.4 cm³/mol. The van der Waals surface area contributed by atoms with Crippen LogP contribution < -0.4 is 5.32 Å². The minimum absolute atomic E-state index is 0.127. The molecule has 6 nitrogen and oxygen atoms in total. The predicted octanol–water partition coefficient (Wildman–Crippen LogP) is 0.746. The fourth-order valence-corrected chi connectivity index (χ4v) is 3.30. The zero-order valence-electron chi connectivity index (χ0n) is 14.1. The first-order chi connectivity index (χ1) is 10.5. The summed E-state index contributed by atoms with van der Waals surface area (Å²) in [5.74, 6) is 1.24. The van der Waals surface area contributed by atoms with Crippen LogP contribution in [-0.4, -0.2) is 51.2 Å². The molecule has 2 rings (SSSR count). The van der Waals surface area contributed by atoms with E-state index in [2.05, 4.69) is 40.7 Å². The van der Waals surface area contributed by atoms with Gasteiger partial charge in [0.25, 0.3) is 0 Å². The molecule has 1 aromatic heterocycles. The van der Waals surface area contributed by atoms with E-state index >= 15 is 0 Å². The van der Waals surface area contributed by atoms with Gasteiger partial charge < -0.3 is 15.0 Å². The van der Waals surface area contributed by atoms with Crippen LogP contribution in [0.3, 0.4) is 0 Å². The maximum absolute atomic E-state index is 11.5. The molecule has 1 aromatic rings. The summed E-state index contributed by atoms with van der Waals surface area (Å²) in [7, 11) is 2.05. The van der Waals surface area contributed by atoms with Crippen LogP contribution in [0.2, 0.25) is 0 Å². The summed E-state index contributed by atoms with van der Waals surface area (Å²) in [6, 6.07) is 0.127. The van der Waals surface area contributed by atoms with E-state index in [-0.39, 0.29) is 11.9 Å². The maximum atomic E-state index is 11.5. The average molecular weight is 308 g/mol. The SMILES string of the molecule is CCC[C@@H]1CN(Cc2nc(C)c(C)n2C)C[C@H]1NC(=O)CO. The van der Waals surface area contributed by atoms with Crippen molar-refractivity contribution >= 4 is 5.91 Å². The molecule has 1 aliphatic rings. The number of amides is 1. The number of aliphatic hydroxyl groups excluding tert-OH is 1. The third kappa shape index (κ3) is 3.67. The van der Waals surface area contributed by atoms with Crippen molar-refractivity contribution in [3.63, 3.8) is 0 Å². The van der Waals surface area contributed by atoms with Crippen LogP contribution in [0.25, 0.3) is 0 Å². The first-order valence-corrected chi connectivity index (χ1v) is 8.07. The first kappa shape index (κ1) is 17.0. The van der Waals surface area contributed by atoms with Gasteiger partial charge >= 0.3 is 0 Å². The number of hydrogen-bond acceptors (Lipinski definition) is 4. The number of carbonyl (C=O) groups excluding carboxylic acids is 1. The monoisotopic (exact) mass is 308 g/mol. The van der Waals surface area contributed by atoms with Gasteiger partial charge in [0, 0.05) is 31.9 Å². The van der Waals surface area contributed by atoms with Gasteiger partial charge in [-0.05, 0) is 26.2 Å². The molecule has 0 saturated carbocycles. The number of nitrogens with zero attached hydrogens (tertiary/aromatic N) is 3. The Morgan fingerprint density at radius 2 is 2.14 bits per heavy atom. The van der Waals surface area contributed by atoms with E-state index in [9.17, 15) is 4.79 Å². The number of aryl methyl sites for hydroxylation is 1. The Hall–Kier alpha value is -1.40. The van der Waals surface area contributed by atoms with Crippen molar-refractivity contribution in [1.82, 2.24) is 19.8 Å². The lowest BCUT2D eigenvalue weighted by Gasteiger charge is -2.18. The first-order valence-electron chi connectivity index (χ1n) is 8.07. The summed E-state index contributed by atoms with van der Waals surface area (Å²) in [6.45, 7) is 8.44. The van der Waals surface area contributed by atoms with E-state index in [0.29, 0.717) is 5.92 Å². The number of aromatic nitrogens is 2. The maximum Gasteiger partial charge on any atom is 0.245 e. The molecule has 1 saturated heterocycles. The molecule has 2 N–H and O–H groups in total. The second-order valence-corrected chi connectivity index (χ2v) is 6.33. The Morgan fingerprint density at radius 3 is 2.68 bits per heavy atom. The number of likely N-dealkylation sites (tertiary alicyclic amines) is 1. The van der Waals surface area contributed by atoms with Crippen LogP contribution >= 0.6 is 0 Å². The van der Waals surface area contributed by atoms with Crippen molar-refractivity contribution < 1.29 is 9.90 Å². The van der Waals surface area contributed by atoms with Gasteiger partial charge in [-0.3, -0.25) is 9.69 Å². The standard InChI is InChI=1S/C16H28N4O2/c1-5-6-13-7-20(8-14(13)18-16(22)10-21)9-15-17-11(2)12(3)19(15)4/h13-14,21H,5-10H2,1-4H3,(H,18,22)/t13-,14-/m1/s1. The lowest BCUT2D eigenvalue weighted by molar-refractivity contribution is -0.124. The van der Waals surface area contributed by atoms with Crippen molar-refractivity contribution in [2.24, 2.45) is 13.0 Å². The Bertz CT molecular complexity index is 526. The number of rotatable bonds is 6.